The van der Waals surface area contributed by atoms with Gasteiger partial charge in [0.1, 0.15) is 11.6 Å². The van der Waals surface area contributed by atoms with E-state index in [9.17, 15) is 50.0 Å². The van der Waals surface area contributed by atoms with E-state index >= 15 is 0 Å². The normalized spacial score (nSPS) is 12.3. The highest BCUT2D eigenvalue weighted by Gasteiger charge is 2.34. The van der Waals surface area contributed by atoms with E-state index in [-0.39, 0.29) is 44.8 Å². The average molecular weight is 919 g/mol. The smallest absolute Gasteiger partial charge is 0.308 e. The molecule has 0 bridgehead atoms. The van der Waals surface area contributed by atoms with E-state index < -0.39 is 35.2 Å². The summed E-state index contributed by atoms with van der Waals surface area (Å²) in [5, 5.41) is 24.6. The Kier molecular flexibility index (Phi) is 10.0. The van der Waals surface area contributed by atoms with E-state index in [4.69, 9.17) is 0 Å². The number of halogens is 9. The molecule has 0 aliphatic carbocycles. The number of aryl methyl sites for hydroxylation is 2. The Bertz CT molecular complexity index is 3610. The molecule has 0 fully saturated rings. The zero-order chi connectivity index (χ0) is 48.0. The van der Waals surface area contributed by atoms with E-state index in [1.54, 1.807) is 108 Å². The van der Waals surface area contributed by atoms with E-state index in [1.165, 1.54) is 6.07 Å². The fraction of sp³-hybridized carbons (Fsp3) is 0.0909. The Balaban J connectivity index is 1.33. The van der Waals surface area contributed by atoms with Gasteiger partial charge < -0.3 is 9.13 Å². The summed E-state index contributed by atoms with van der Waals surface area (Å²) in [4.78, 5) is 0. The van der Waals surface area contributed by atoms with Crippen LogP contribution in [0.1, 0.15) is 38.9 Å². The molecule has 4 nitrogen and oxygen atoms in total. The lowest BCUT2D eigenvalue weighted by molar-refractivity contribution is -0.138. The number of benzene rings is 8. The molecular formula is C55H31F9N4. The zero-order valence-electron chi connectivity index (χ0n) is 35.6. The van der Waals surface area contributed by atoms with Crippen LogP contribution in [0.25, 0.3) is 88.4 Å². The monoisotopic (exact) mass is 918 g/mol. The molecule has 0 amide bonds. The van der Waals surface area contributed by atoms with Gasteiger partial charge in [-0.05, 0) is 131 Å². The van der Waals surface area contributed by atoms with Crippen molar-refractivity contribution in [3.05, 3.63) is 191 Å². The number of aromatic nitrogens is 2. The summed E-state index contributed by atoms with van der Waals surface area (Å²) in [6.07, 6.45) is -14.0. The number of nitriles is 2. The molecule has 8 aromatic carbocycles. The third-order valence-electron chi connectivity index (χ3n) is 12.3. The predicted octanol–water partition coefficient (Wildman–Crippen LogP) is 16.3. The largest absolute Gasteiger partial charge is 0.416 e. The lowest BCUT2D eigenvalue weighted by Gasteiger charge is -2.19. The Hall–Kier alpha value is -8.29. The Morgan fingerprint density at radius 1 is 0.382 bits per heavy atom. The number of hydrogen-bond acceptors (Lipinski definition) is 2. The van der Waals surface area contributed by atoms with Crippen LogP contribution in [0.5, 0.6) is 0 Å². The van der Waals surface area contributed by atoms with Gasteiger partial charge in [-0.25, -0.2) is 0 Å². The predicted molar refractivity (Wildman–Crippen MR) is 245 cm³/mol. The van der Waals surface area contributed by atoms with Gasteiger partial charge in [-0.3, -0.25) is 0 Å². The molecule has 0 saturated carbocycles. The topological polar surface area (TPSA) is 57.4 Å². The van der Waals surface area contributed by atoms with Crippen LogP contribution in [0.4, 0.5) is 39.5 Å². The highest BCUT2D eigenvalue weighted by molar-refractivity contribution is 6.12. The summed E-state index contributed by atoms with van der Waals surface area (Å²) < 4.78 is 131. The maximum Gasteiger partial charge on any atom is 0.416 e. The minimum Gasteiger partial charge on any atom is -0.308 e. The summed E-state index contributed by atoms with van der Waals surface area (Å²) in [5.74, 6) is 0. The quantitative estimate of drug-likeness (QED) is 0.162. The van der Waals surface area contributed by atoms with Crippen LogP contribution in [0, 0.1) is 36.5 Å². The summed E-state index contributed by atoms with van der Waals surface area (Å²) >= 11 is 0. The molecule has 2 aromatic heterocycles. The molecule has 0 aliphatic heterocycles. The number of rotatable bonds is 5. The SMILES string of the molecule is Cc1cc(-c2ccc3c4ccccc4n(-c4cc(-c5ccc(C(F)(F)F)cc5C#N)cc(-n5c6ccccc6c6ccc(-c7cc(C)cc(C(F)(F)F)c7)cc65)c4C#N)c3c2)cc(C(F)(F)F)c1. The molecule has 334 valence electrons. The number of alkyl halides is 9. The zero-order valence-corrected chi connectivity index (χ0v) is 35.6. The van der Waals surface area contributed by atoms with Crippen LogP contribution in [-0.4, -0.2) is 9.13 Å². The van der Waals surface area contributed by atoms with Gasteiger partial charge in [0.15, 0.2) is 0 Å². The van der Waals surface area contributed by atoms with Crippen LogP contribution in [0.2, 0.25) is 0 Å². The second-order valence-corrected chi connectivity index (χ2v) is 16.7. The Morgan fingerprint density at radius 2 is 0.824 bits per heavy atom. The summed E-state index contributed by atoms with van der Waals surface area (Å²) in [7, 11) is 0. The van der Waals surface area contributed by atoms with Gasteiger partial charge in [-0.1, -0.05) is 78.9 Å². The first-order chi connectivity index (χ1) is 32.3. The molecular weight excluding hydrogens is 888 g/mol. The lowest BCUT2D eigenvalue weighted by Crippen LogP contribution is -2.07. The van der Waals surface area contributed by atoms with Crippen molar-refractivity contribution in [1.82, 2.24) is 9.13 Å². The summed E-state index contributed by atoms with van der Waals surface area (Å²) in [6, 6.07) is 42.7. The molecule has 13 heteroatoms. The minimum absolute atomic E-state index is 0.0603. The van der Waals surface area contributed by atoms with Crippen molar-refractivity contribution in [1.29, 1.82) is 10.5 Å². The number of fused-ring (bicyclic) bond motifs is 6. The van der Waals surface area contributed by atoms with Crippen LogP contribution in [0.15, 0.2) is 152 Å². The fourth-order valence-corrected chi connectivity index (χ4v) is 9.35. The molecule has 0 N–H and O–H groups in total. The fourth-order valence-electron chi connectivity index (χ4n) is 9.35. The molecule has 2 heterocycles. The van der Waals surface area contributed by atoms with Gasteiger partial charge in [0, 0.05) is 21.5 Å². The number of nitrogens with zero attached hydrogens (tertiary/aromatic N) is 4. The molecule has 68 heavy (non-hydrogen) atoms. The van der Waals surface area contributed by atoms with E-state index in [0.717, 1.165) is 47.2 Å². The summed E-state index contributed by atoms with van der Waals surface area (Å²) in [6.45, 7) is 3.13. The number of para-hydroxylation sites is 2. The third-order valence-corrected chi connectivity index (χ3v) is 12.3. The van der Waals surface area contributed by atoms with Crippen molar-refractivity contribution in [2.75, 3.05) is 0 Å². The number of hydrogen-bond donors (Lipinski definition) is 0. The first-order valence-corrected chi connectivity index (χ1v) is 21.0. The maximum absolute atomic E-state index is 14.1. The van der Waals surface area contributed by atoms with Crippen molar-refractivity contribution in [2.24, 2.45) is 0 Å². The van der Waals surface area contributed by atoms with E-state index in [2.05, 4.69) is 6.07 Å². The highest BCUT2D eigenvalue weighted by Crippen LogP contribution is 2.44. The average Bonchev–Trinajstić information content (AvgIpc) is 3.81. The van der Waals surface area contributed by atoms with Crippen molar-refractivity contribution in [3.63, 3.8) is 0 Å². The van der Waals surface area contributed by atoms with Gasteiger partial charge in [0.25, 0.3) is 0 Å². The second-order valence-electron chi connectivity index (χ2n) is 16.7. The van der Waals surface area contributed by atoms with Crippen molar-refractivity contribution in [2.45, 2.75) is 32.4 Å². The first kappa shape index (κ1) is 43.6. The van der Waals surface area contributed by atoms with Gasteiger partial charge >= 0.3 is 18.5 Å². The third kappa shape index (κ3) is 7.37. The van der Waals surface area contributed by atoms with Crippen LogP contribution >= 0.6 is 0 Å². The summed E-state index contributed by atoms with van der Waals surface area (Å²) in [5.41, 5.74) is 2.14. The van der Waals surface area contributed by atoms with Crippen molar-refractivity contribution < 1.29 is 39.5 Å². The highest BCUT2D eigenvalue weighted by atomic mass is 19.4. The first-order valence-electron chi connectivity index (χ1n) is 21.0. The van der Waals surface area contributed by atoms with Crippen LogP contribution in [-0.2, 0) is 18.5 Å². The Labute approximate surface area is 381 Å². The van der Waals surface area contributed by atoms with Gasteiger partial charge in [-0.2, -0.15) is 50.0 Å². The van der Waals surface area contributed by atoms with Gasteiger partial charge in [0.2, 0.25) is 0 Å². The van der Waals surface area contributed by atoms with Crippen LogP contribution < -0.4 is 0 Å². The second kappa shape index (κ2) is 15.7. The molecule has 0 saturated heterocycles. The minimum atomic E-state index is -4.78. The molecule has 10 rings (SSSR count). The molecule has 10 aromatic rings. The van der Waals surface area contributed by atoms with Crippen molar-refractivity contribution >= 4 is 43.6 Å². The van der Waals surface area contributed by atoms with E-state index in [1.807, 2.05) is 30.3 Å². The van der Waals surface area contributed by atoms with Gasteiger partial charge in [-0.15, -0.1) is 0 Å². The molecule has 0 radical (unpaired) electrons. The molecule has 0 atom stereocenters. The van der Waals surface area contributed by atoms with Gasteiger partial charge in [0.05, 0.1) is 61.8 Å². The molecule has 0 aliphatic rings. The van der Waals surface area contributed by atoms with Crippen LogP contribution in [0.3, 0.4) is 0 Å². The van der Waals surface area contributed by atoms with Crippen molar-refractivity contribution in [3.8, 4) is 56.9 Å². The van der Waals surface area contributed by atoms with E-state index in [0.29, 0.717) is 55.1 Å². The standard InChI is InChI=1S/C55H31F9N4/c1-30-17-34(21-39(19-30)54(59,60)61)32-11-14-44-42-7-3-5-9-47(42)67(49(44)24-32)51-26-36(41-16-13-38(53(56,57)58)23-37(41)28-65)27-52(46(51)29-66)68-48-10-6-4-8-43(48)45-15-12-33(25-50(45)68)35-18-31(2)20-40(22-35)55(62,63)64/h3-27H,1-2H3. The Morgan fingerprint density at radius 3 is 1.25 bits per heavy atom. The maximum atomic E-state index is 14.1. The molecule has 0 spiro atoms. The lowest BCUT2D eigenvalue weighted by atomic mass is 9.95. The molecule has 0 unspecified atom stereocenters.